The second-order valence-electron chi connectivity index (χ2n) is 5.84. The van der Waals surface area contributed by atoms with Gasteiger partial charge in [0.25, 0.3) is 5.78 Å². The highest BCUT2D eigenvalue weighted by Crippen LogP contribution is 2.47. The number of ether oxygens (including phenoxy) is 4. The molecular weight excluding hydrogens is 324 g/mol. The molecule has 0 saturated carbocycles. The maximum absolute atomic E-state index is 12.9. The second kappa shape index (κ2) is 5.51. The zero-order valence-electron chi connectivity index (χ0n) is 13.8. The van der Waals surface area contributed by atoms with Gasteiger partial charge >= 0.3 is 11.8 Å². The normalized spacial score (nSPS) is 19.8. The van der Waals surface area contributed by atoms with Crippen LogP contribution in [0.1, 0.15) is 33.2 Å². The lowest BCUT2D eigenvalue weighted by atomic mass is 10.00. The van der Waals surface area contributed by atoms with Crippen LogP contribution in [0.3, 0.4) is 0 Å². The summed E-state index contributed by atoms with van der Waals surface area (Å²) in [5, 5.41) is 0. The number of ketones is 1. The third-order valence-electron chi connectivity index (χ3n) is 4.33. The molecule has 4 rings (SSSR count). The van der Waals surface area contributed by atoms with Gasteiger partial charge in [-0.25, -0.2) is 4.79 Å². The van der Waals surface area contributed by atoms with Crippen molar-refractivity contribution in [2.75, 3.05) is 13.7 Å². The molecule has 6 heteroatoms. The summed E-state index contributed by atoms with van der Waals surface area (Å²) in [6, 6.07) is 10.1. The first-order chi connectivity index (χ1) is 12.1. The van der Waals surface area contributed by atoms with E-state index in [9.17, 15) is 9.59 Å². The van der Waals surface area contributed by atoms with E-state index in [1.807, 2.05) is 0 Å². The van der Waals surface area contributed by atoms with Crippen LogP contribution in [-0.4, -0.2) is 31.3 Å². The molecule has 25 heavy (non-hydrogen) atoms. The van der Waals surface area contributed by atoms with Crippen molar-refractivity contribution in [3.63, 3.8) is 0 Å². The minimum Gasteiger partial charge on any atom is -0.493 e. The van der Waals surface area contributed by atoms with E-state index in [2.05, 4.69) is 0 Å². The Hall–Kier alpha value is -3.02. The van der Waals surface area contributed by atoms with Gasteiger partial charge in [0.05, 0.1) is 31.3 Å². The maximum atomic E-state index is 12.9. The fourth-order valence-electron chi connectivity index (χ4n) is 3.18. The van der Waals surface area contributed by atoms with E-state index in [0.29, 0.717) is 35.0 Å². The molecule has 2 aliphatic rings. The minimum absolute atomic E-state index is 0.215. The summed E-state index contributed by atoms with van der Waals surface area (Å²) in [4.78, 5) is 24.8. The van der Waals surface area contributed by atoms with Crippen molar-refractivity contribution in [1.82, 2.24) is 0 Å². The molecule has 0 saturated heterocycles. The number of hydrogen-bond acceptors (Lipinski definition) is 6. The Morgan fingerprint density at radius 1 is 1.24 bits per heavy atom. The molecule has 2 aromatic rings. The molecule has 0 radical (unpaired) electrons. The Morgan fingerprint density at radius 3 is 2.84 bits per heavy atom. The molecule has 0 amide bonds. The van der Waals surface area contributed by atoms with Gasteiger partial charge in [0.15, 0.2) is 11.5 Å². The summed E-state index contributed by atoms with van der Waals surface area (Å²) in [6.45, 7) is 2.05. The molecule has 0 aliphatic carbocycles. The van der Waals surface area contributed by atoms with E-state index >= 15 is 0 Å². The highest BCUT2D eigenvalue weighted by molar-refractivity contribution is 6.08. The third-order valence-corrected chi connectivity index (χ3v) is 4.33. The van der Waals surface area contributed by atoms with E-state index in [-0.39, 0.29) is 12.2 Å². The molecule has 6 nitrogen and oxygen atoms in total. The molecule has 2 aromatic carbocycles. The van der Waals surface area contributed by atoms with Gasteiger partial charge in [0, 0.05) is 5.56 Å². The molecule has 0 N–H and O–H groups in total. The van der Waals surface area contributed by atoms with Gasteiger partial charge in [0.2, 0.25) is 0 Å². The van der Waals surface area contributed by atoms with Crippen LogP contribution in [0.4, 0.5) is 0 Å². The Morgan fingerprint density at radius 2 is 2.08 bits per heavy atom. The van der Waals surface area contributed by atoms with Crippen molar-refractivity contribution < 1.29 is 28.5 Å². The molecule has 1 spiro atoms. The highest BCUT2D eigenvalue weighted by atomic mass is 16.7. The summed E-state index contributed by atoms with van der Waals surface area (Å²) >= 11 is 0. The number of methoxy groups -OCH3 is 1. The fourth-order valence-corrected chi connectivity index (χ4v) is 3.18. The van der Waals surface area contributed by atoms with Crippen LogP contribution >= 0.6 is 0 Å². The third kappa shape index (κ3) is 2.25. The first-order valence-corrected chi connectivity index (χ1v) is 7.98. The summed E-state index contributed by atoms with van der Waals surface area (Å²) in [5.74, 6) is -0.715. The predicted octanol–water partition coefficient (Wildman–Crippen LogP) is 2.78. The molecule has 0 aromatic heterocycles. The molecule has 0 bridgehead atoms. The molecule has 2 heterocycles. The predicted molar refractivity (Wildman–Crippen MR) is 87.4 cm³/mol. The first-order valence-electron chi connectivity index (χ1n) is 7.98. The smallest absolute Gasteiger partial charge is 0.338 e. The van der Waals surface area contributed by atoms with E-state index in [4.69, 9.17) is 18.9 Å². The maximum Gasteiger partial charge on any atom is 0.338 e. The molecular formula is C19H16O6. The molecule has 1 unspecified atom stereocenters. The van der Waals surface area contributed by atoms with E-state index in [0.717, 1.165) is 5.56 Å². The van der Waals surface area contributed by atoms with Crippen LogP contribution in [0.2, 0.25) is 0 Å². The largest absolute Gasteiger partial charge is 0.493 e. The van der Waals surface area contributed by atoms with Crippen molar-refractivity contribution in [2.45, 2.75) is 19.1 Å². The zero-order chi connectivity index (χ0) is 17.6. The van der Waals surface area contributed by atoms with E-state index in [1.54, 1.807) is 43.3 Å². The number of para-hydroxylation sites is 1. The van der Waals surface area contributed by atoms with Crippen molar-refractivity contribution >= 4 is 11.8 Å². The van der Waals surface area contributed by atoms with Crippen molar-refractivity contribution in [2.24, 2.45) is 0 Å². The number of hydrogen-bond donors (Lipinski definition) is 0. The average molecular weight is 340 g/mol. The Labute approximate surface area is 144 Å². The van der Waals surface area contributed by atoms with Crippen molar-refractivity contribution in [1.29, 1.82) is 0 Å². The van der Waals surface area contributed by atoms with Crippen LogP contribution in [-0.2, 0) is 11.2 Å². The van der Waals surface area contributed by atoms with E-state index in [1.165, 1.54) is 7.11 Å². The summed E-state index contributed by atoms with van der Waals surface area (Å²) in [7, 11) is 1.52. The van der Waals surface area contributed by atoms with Crippen molar-refractivity contribution in [3.05, 3.63) is 53.1 Å². The standard InChI is InChI=1S/C19H16O6/c1-3-23-18(21)11-7-8-14-12(9-11)10-19(24-14)17(20)13-5-4-6-15(22-2)16(13)25-19/h4-9H,3,10H2,1-2H3. The van der Waals surface area contributed by atoms with Gasteiger partial charge in [-0.2, -0.15) is 0 Å². The Balaban J connectivity index is 1.68. The lowest BCUT2D eigenvalue weighted by Gasteiger charge is -2.21. The molecule has 1 atom stereocenters. The first kappa shape index (κ1) is 15.5. The Bertz CT molecular complexity index is 887. The minimum atomic E-state index is -1.44. The fraction of sp³-hybridized carbons (Fsp3) is 0.263. The average Bonchev–Trinajstić information content (AvgIpc) is 3.12. The number of benzene rings is 2. The second-order valence-corrected chi connectivity index (χ2v) is 5.84. The molecule has 2 aliphatic heterocycles. The van der Waals surface area contributed by atoms with E-state index < -0.39 is 11.8 Å². The lowest BCUT2D eigenvalue weighted by Crippen LogP contribution is -2.44. The topological polar surface area (TPSA) is 71.1 Å². The number of Topliss-reactive ketones (excluding diaryl/α,β-unsaturated/α-hetero) is 1. The summed E-state index contributed by atoms with van der Waals surface area (Å²) in [6.07, 6.45) is 0.215. The monoisotopic (exact) mass is 340 g/mol. The summed E-state index contributed by atoms with van der Waals surface area (Å²) in [5.41, 5.74) is 1.57. The SMILES string of the molecule is CCOC(=O)c1ccc2c(c1)CC1(O2)Oc2c(OC)cccc2C1=O. The molecule has 128 valence electrons. The number of rotatable bonds is 3. The van der Waals surface area contributed by atoms with Gasteiger partial charge in [-0.1, -0.05) is 6.07 Å². The van der Waals surface area contributed by atoms with Crippen LogP contribution in [0.5, 0.6) is 17.2 Å². The van der Waals surface area contributed by atoms with Crippen LogP contribution in [0.15, 0.2) is 36.4 Å². The zero-order valence-corrected chi connectivity index (χ0v) is 13.8. The van der Waals surface area contributed by atoms with Gasteiger partial charge < -0.3 is 18.9 Å². The van der Waals surface area contributed by atoms with Gasteiger partial charge in [0.1, 0.15) is 5.75 Å². The lowest BCUT2D eigenvalue weighted by molar-refractivity contribution is -0.0541. The highest BCUT2D eigenvalue weighted by Gasteiger charge is 2.55. The van der Waals surface area contributed by atoms with Crippen LogP contribution < -0.4 is 14.2 Å². The molecule has 0 fully saturated rings. The van der Waals surface area contributed by atoms with Crippen LogP contribution in [0, 0.1) is 0 Å². The van der Waals surface area contributed by atoms with Crippen LogP contribution in [0.25, 0.3) is 0 Å². The van der Waals surface area contributed by atoms with Gasteiger partial charge in [-0.15, -0.1) is 0 Å². The van der Waals surface area contributed by atoms with Gasteiger partial charge in [-0.3, -0.25) is 4.79 Å². The number of carbonyl (C=O) groups is 2. The number of carbonyl (C=O) groups excluding carboxylic acids is 2. The van der Waals surface area contributed by atoms with Crippen molar-refractivity contribution in [3.8, 4) is 17.2 Å². The summed E-state index contributed by atoms with van der Waals surface area (Å²) < 4.78 is 22.1. The Kier molecular flexibility index (Phi) is 3.42. The number of esters is 1. The van der Waals surface area contributed by atoms with Gasteiger partial charge in [-0.05, 0) is 37.3 Å². The number of fused-ring (bicyclic) bond motifs is 2. The quantitative estimate of drug-likeness (QED) is 0.800.